The monoisotopic (exact) mass is 222 g/mol. The average molecular weight is 222 g/mol. The summed E-state index contributed by atoms with van der Waals surface area (Å²) in [6, 6.07) is 0. The number of rotatable bonds is 0. The Balaban J connectivity index is -0.00000000381. The van der Waals surface area contributed by atoms with E-state index in [-0.39, 0.29) is 39.7 Å². The van der Waals surface area contributed by atoms with Crippen LogP contribution in [0.4, 0.5) is 0 Å². The topological polar surface area (TPSA) is 302 Å². The molecule has 0 spiro atoms. The minimum absolute atomic E-state index is 0. The van der Waals surface area contributed by atoms with Crippen molar-refractivity contribution in [2.24, 2.45) is 0 Å². The van der Waals surface area contributed by atoms with Crippen molar-refractivity contribution in [1.82, 2.24) is 12.3 Å². The first-order chi connectivity index (χ1) is 2.00. The van der Waals surface area contributed by atoms with Crippen LogP contribution in [-0.2, 0) is 10.4 Å². The summed E-state index contributed by atoms with van der Waals surface area (Å²) in [5, 5.41) is 0. The Kier molecular flexibility index (Phi) is 262. The first-order valence-corrected chi connectivity index (χ1v) is 2.10. The van der Waals surface area contributed by atoms with Crippen molar-refractivity contribution in [1.29, 1.82) is 0 Å². The summed E-state index contributed by atoms with van der Waals surface area (Å²) in [5.74, 6) is 0. The van der Waals surface area contributed by atoms with Gasteiger partial charge in [-0.2, -0.15) is 8.42 Å². The second-order valence-corrected chi connectivity index (χ2v) is 1.34. The predicted molar refractivity (Wildman–Crippen MR) is 42.3 cm³/mol. The van der Waals surface area contributed by atoms with Crippen molar-refractivity contribution in [3.8, 4) is 0 Å². The Morgan fingerprint density at radius 1 is 0.667 bits per heavy atom. The van der Waals surface area contributed by atoms with Crippen LogP contribution in [0.3, 0.4) is 0 Å². The maximum atomic E-state index is 8.74. The van der Waals surface area contributed by atoms with Crippen molar-refractivity contribution < 1.29 is 44.9 Å². The molecule has 0 radical (unpaired) electrons. The normalized spacial score (nSPS) is 4.83. The van der Waals surface area contributed by atoms with E-state index in [0.29, 0.717) is 0 Å². The van der Waals surface area contributed by atoms with E-state index in [4.69, 9.17) is 17.5 Å². The molecule has 0 aromatic heterocycles. The van der Waals surface area contributed by atoms with Crippen molar-refractivity contribution in [3.05, 3.63) is 0 Å². The van der Waals surface area contributed by atoms with Gasteiger partial charge in [-0.15, -0.1) is 0 Å². The summed E-state index contributed by atoms with van der Waals surface area (Å²) in [6.45, 7) is 0. The SMILES string of the molecule is N.N.O.O.O.O.O.O=S(=O)(O)O. The van der Waals surface area contributed by atoms with Gasteiger partial charge in [-0.1, -0.05) is 0 Å². The van der Waals surface area contributed by atoms with Gasteiger partial charge in [0.05, 0.1) is 0 Å². The fourth-order valence-electron chi connectivity index (χ4n) is 0. The van der Waals surface area contributed by atoms with Gasteiger partial charge >= 0.3 is 10.4 Å². The van der Waals surface area contributed by atoms with Crippen LogP contribution in [0.2, 0.25) is 0 Å². The molecule has 0 atom stereocenters. The van der Waals surface area contributed by atoms with Gasteiger partial charge in [-0.3, -0.25) is 9.11 Å². The van der Waals surface area contributed by atoms with Gasteiger partial charge in [-0.25, -0.2) is 0 Å². The molecule has 0 saturated heterocycles. The smallest absolute Gasteiger partial charge is 0.394 e. The third-order valence-electron chi connectivity index (χ3n) is 0. The largest absolute Gasteiger partial charge is 0.412 e. The van der Waals surface area contributed by atoms with Gasteiger partial charge in [0.1, 0.15) is 0 Å². The molecule has 0 fully saturated rings. The molecular formula is H18N2O9S. The maximum Gasteiger partial charge on any atom is 0.394 e. The van der Waals surface area contributed by atoms with Gasteiger partial charge in [0.2, 0.25) is 0 Å². The molecular weight excluding hydrogens is 204 g/mol. The minimum atomic E-state index is -4.67. The van der Waals surface area contributed by atoms with E-state index in [0.717, 1.165) is 0 Å². The standard InChI is InChI=1S/2H3N.H2O4S.5H2O/c;;1-5(2,3)4;;;;;/h2*1H3;(H2,1,2,3,4);5*1H2. The summed E-state index contributed by atoms with van der Waals surface area (Å²) < 4.78 is 31.6. The molecule has 0 rings (SSSR count). The summed E-state index contributed by atoms with van der Waals surface area (Å²) in [5.41, 5.74) is 0. The van der Waals surface area contributed by atoms with Crippen LogP contribution in [0, 0.1) is 0 Å². The molecule has 0 bridgehead atoms. The second-order valence-electron chi connectivity index (χ2n) is 0.448. The van der Waals surface area contributed by atoms with Gasteiger partial charge in [0.25, 0.3) is 0 Å². The summed E-state index contributed by atoms with van der Waals surface area (Å²) in [6.07, 6.45) is 0. The van der Waals surface area contributed by atoms with E-state index in [2.05, 4.69) is 0 Å². The van der Waals surface area contributed by atoms with Crippen LogP contribution < -0.4 is 12.3 Å². The fraction of sp³-hybridized carbons (Fsp3) is 0. The lowest BCUT2D eigenvalue weighted by molar-refractivity contribution is 0.381. The molecule has 0 aliphatic carbocycles. The van der Waals surface area contributed by atoms with Crippen molar-refractivity contribution >= 4 is 10.4 Å². The Hall–Kier alpha value is -0.410. The summed E-state index contributed by atoms with van der Waals surface area (Å²) >= 11 is 0. The molecule has 0 amide bonds. The van der Waals surface area contributed by atoms with E-state index in [1.54, 1.807) is 0 Å². The fourth-order valence-corrected chi connectivity index (χ4v) is 0. The highest BCUT2D eigenvalue weighted by Crippen LogP contribution is 1.59. The average Bonchev–Trinajstić information content (AvgIpc) is 0.722. The van der Waals surface area contributed by atoms with E-state index in [1.807, 2.05) is 0 Å². The van der Waals surface area contributed by atoms with Crippen molar-refractivity contribution in [2.75, 3.05) is 0 Å². The van der Waals surface area contributed by atoms with Gasteiger partial charge < -0.3 is 39.7 Å². The first-order valence-electron chi connectivity index (χ1n) is 0.698. The lowest BCUT2D eigenvalue weighted by Gasteiger charge is -1.68. The summed E-state index contributed by atoms with van der Waals surface area (Å²) in [4.78, 5) is 0. The quantitative estimate of drug-likeness (QED) is 0.292. The Bertz CT molecular complexity index is 95.7. The van der Waals surface area contributed by atoms with Crippen LogP contribution in [0.25, 0.3) is 0 Å². The Labute approximate surface area is 68.7 Å². The number of hydrogen-bond acceptors (Lipinski definition) is 4. The third kappa shape index (κ3) is 4210. The van der Waals surface area contributed by atoms with E-state index < -0.39 is 10.4 Å². The van der Waals surface area contributed by atoms with Gasteiger partial charge in [0, 0.05) is 0 Å². The van der Waals surface area contributed by atoms with Gasteiger partial charge in [0.15, 0.2) is 0 Å². The van der Waals surface area contributed by atoms with Crippen LogP contribution in [0.15, 0.2) is 0 Å². The summed E-state index contributed by atoms with van der Waals surface area (Å²) in [7, 11) is -4.67. The van der Waals surface area contributed by atoms with Crippen LogP contribution >= 0.6 is 0 Å². The van der Waals surface area contributed by atoms with Crippen LogP contribution in [-0.4, -0.2) is 44.9 Å². The number of hydrogen-bond donors (Lipinski definition) is 4. The van der Waals surface area contributed by atoms with Crippen LogP contribution in [0.5, 0.6) is 0 Å². The molecule has 12 heavy (non-hydrogen) atoms. The zero-order chi connectivity index (χ0) is 4.50. The zero-order valence-electron chi connectivity index (χ0n) is 6.03. The first kappa shape index (κ1) is 101. The highest BCUT2D eigenvalue weighted by atomic mass is 32.3. The third-order valence-corrected chi connectivity index (χ3v) is 0. The molecule has 11 nitrogen and oxygen atoms in total. The predicted octanol–water partition coefficient (Wildman–Crippen LogP) is -4.45. The highest BCUT2D eigenvalue weighted by Gasteiger charge is 1.84. The van der Waals surface area contributed by atoms with E-state index >= 15 is 0 Å². The van der Waals surface area contributed by atoms with Crippen LogP contribution in [0.1, 0.15) is 0 Å². The molecule has 0 unspecified atom stereocenters. The maximum absolute atomic E-state index is 8.74. The lowest BCUT2D eigenvalue weighted by Crippen LogP contribution is -1.89. The zero-order valence-corrected chi connectivity index (χ0v) is 6.85. The van der Waals surface area contributed by atoms with E-state index in [1.165, 1.54) is 0 Å². The molecule has 0 aliphatic heterocycles. The molecule has 88 valence electrons. The molecule has 12 heteroatoms. The molecule has 0 aromatic carbocycles. The molecule has 18 N–H and O–H groups in total. The molecule has 0 saturated carbocycles. The Morgan fingerprint density at radius 2 is 0.667 bits per heavy atom. The molecule has 0 aromatic rings. The van der Waals surface area contributed by atoms with Crippen molar-refractivity contribution in [3.63, 3.8) is 0 Å². The second kappa shape index (κ2) is 31.2. The van der Waals surface area contributed by atoms with Crippen molar-refractivity contribution in [2.45, 2.75) is 0 Å². The lowest BCUT2D eigenvalue weighted by atomic mass is 14.0. The minimum Gasteiger partial charge on any atom is -0.412 e. The Morgan fingerprint density at radius 3 is 0.667 bits per heavy atom. The molecule has 0 heterocycles. The molecule has 0 aliphatic rings. The van der Waals surface area contributed by atoms with E-state index in [9.17, 15) is 0 Å². The highest BCUT2D eigenvalue weighted by molar-refractivity contribution is 7.79. The van der Waals surface area contributed by atoms with Gasteiger partial charge in [-0.05, 0) is 0 Å².